The summed E-state index contributed by atoms with van der Waals surface area (Å²) in [7, 11) is 0. The van der Waals surface area contributed by atoms with Crippen LogP contribution >= 0.6 is 24.0 Å². The lowest BCUT2D eigenvalue weighted by Gasteiger charge is -2.29. The fraction of sp³-hybridized carbons (Fsp3) is 0.625. The number of rotatable bonds is 5. The predicted octanol–water partition coefficient (Wildman–Crippen LogP) is 1.88. The summed E-state index contributed by atoms with van der Waals surface area (Å²) < 4.78 is 11.2. The van der Waals surface area contributed by atoms with Crippen molar-refractivity contribution >= 4 is 29.7 Å². The van der Waals surface area contributed by atoms with Gasteiger partial charge < -0.3 is 19.7 Å². The molecule has 2 aliphatic rings. The lowest BCUT2D eigenvalue weighted by molar-refractivity contribution is 0.0322. The summed E-state index contributed by atoms with van der Waals surface area (Å²) in [5.74, 6) is 0.772. The molecule has 7 heteroatoms. The van der Waals surface area contributed by atoms with Crippen LogP contribution < -0.4 is 15.0 Å². The van der Waals surface area contributed by atoms with Crippen molar-refractivity contribution in [3.63, 3.8) is 0 Å². The van der Waals surface area contributed by atoms with E-state index in [4.69, 9.17) is 21.1 Å². The first-order chi connectivity index (χ1) is 10.8. The van der Waals surface area contributed by atoms with Gasteiger partial charge in [0, 0.05) is 51.5 Å². The Hall–Kier alpha value is -0.720. The fourth-order valence-electron chi connectivity index (χ4n) is 2.84. The molecule has 2 saturated heterocycles. The number of hydrogen-bond donors (Lipinski definition) is 1. The first-order valence-corrected chi connectivity index (χ1v) is 8.39. The third-order valence-electron chi connectivity index (χ3n) is 4.17. The van der Waals surface area contributed by atoms with Crippen LogP contribution in [0.1, 0.15) is 0 Å². The molecule has 0 aromatic heterocycles. The molecule has 0 aliphatic carbocycles. The van der Waals surface area contributed by atoms with E-state index in [1.807, 2.05) is 12.1 Å². The van der Waals surface area contributed by atoms with Crippen LogP contribution in [0.2, 0.25) is 5.02 Å². The van der Waals surface area contributed by atoms with E-state index >= 15 is 0 Å². The third kappa shape index (κ3) is 5.40. The summed E-state index contributed by atoms with van der Waals surface area (Å²) in [5.41, 5.74) is 1.17. The highest BCUT2D eigenvalue weighted by Gasteiger charge is 2.13. The topological polar surface area (TPSA) is 37.0 Å². The van der Waals surface area contributed by atoms with E-state index in [1.165, 1.54) is 5.69 Å². The number of hydrogen-bond acceptors (Lipinski definition) is 5. The van der Waals surface area contributed by atoms with Crippen LogP contribution in [0.4, 0.5) is 5.69 Å². The minimum absolute atomic E-state index is 0. The van der Waals surface area contributed by atoms with Crippen LogP contribution in [0.5, 0.6) is 5.75 Å². The summed E-state index contributed by atoms with van der Waals surface area (Å²) in [6.45, 7) is 9.27. The Balaban J connectivity index is 0.00000192. The molecule has 23 heavy (non-hydrogen) atoms. The molecule has 0 radical (unpaired) electrons. The van der Waals surface area contributed by atoms with Gasteiger partial charge in [-0.2, -0.15) is 0 Å². The number of benzene rings is 1. The Morgan fingerprint density at radius 3 is 2.57 bits per heavy atom. The van der Waals surface area contributed by atoms with Crippen molar-refractivity contribution in [1.29, 1.82) is 0 Å². The van der Waals surface area contributed by atoms with Crippen molar-refractivity contribution in [3.8, 4) is 5.75 Å². The van der Waals surface area contributed by atoms with Gasteiger partial charge in [-0.3, -0.25) is 4.90 Å². The molecular weight excluding hydrogens is 337 g/mol. The van der Waals surface area contributed by atoms with Gasteiger partial charge in [0.2, 0.25) is 0 Å². The molecule has 0 unspecified atom stereocenters. The van der Waals surface area contributed by atoms with Crippen LogP contribution in [-0.4, -0.2) is 70.5 Å². The Morgan fingerprint density at radius 2 is 1.87 bits per heavy atom. The number of anilines is 1. The summed E-state index contributed by atoms with van der Waals surface area (Å²) >= 11 is 6.37. The monoisotopic (exact) mass is 361 g/mol. The SMILES string of the molecule is Cl.Clc1cc(N2CCNCC2)ccc1OCCN1CCOCC1. The number of nitrogens with zero attached hydrogens (tertiary/aromatic N) is 2. The first kappa shape index (κ1) is 18.6. The van der Waals surface area contributed by atoms with Gasteiger partial charge in [0.05, 0.1) is 18.2 Å². The smallest absolute Gasteiger partial charge is 0.138 e. The number of ether oxygens (including phenoxy) is 2. The molecule has 130 valence electrons. The summed E-state index contributed by atoms with van der Waals surface area (Å²) in [4.78, 5) is 4.70. The second-order valence-electron chi connectivity index (χ2n) is 5.65. The Morgan fingerprint density at radius 1 is 1.13 bits per heavy atom. The number of nitrogens with one attached hydrogen (secondary N) is 1. The van der Waals surface area contributed by atoms with Crippen LogP contribution in [0.15, 0.2) is 18.2 Å². The maximum atomic E-state index is 6.37. The lowest BCUT2D eigenvalue weighted by atomic mass is 10.2. The molecule has 2 heterocycles. The average Bonchev–Trinajstić information content (AvgIpc) is 2.58. The van der Waals surface area contributed by atoms with Gasteiger partial charge in [-0.05, 0) is 18.2 Å². The molecule has 0 saturated carbocycles. The van der Waals surface area contributed by atoms with E-state index in [0.717, 1.165) is 64.8 Å². The van der Waals surface area contributed by atoms with Gasteiger partial charge >= 0.3 is 0 Å². The van der Waals surface area contributed by atoms with Crippen molar-refractivity contribution in [2.24, 2.45) is 0 Å². The van der Waals surface area contributed by atoms with E-state index < -0.39 is 0 Å². The second-order valence-corrected chi connectivity index (χ2v) is 6.06. The highest BCUT2D eigenvalue weighted by Crippen LogP contribution is 2.29. The Kier molecular flexibility index (Phi) is 7.73. The molecule has 2 aliphatic heterocycles. The molecule has 1 aromatic carbocycles. The minimum Gasteiger partial charge on any atom is -0.491 e. The molecule has 5 nitrogen and oxygen atoms in total. The molecule has 1 aromatic rings. The highest BCUT2D eigenvalue weighted by molar-refractivity contribution is 6.32. The van der Waals surface area contributed by atoms with E-state index in [0.29, 0.717) is 11.6 Å². The maximum Gasteiger partial charge on any atom is 0.138 e. The van der Waals surface area contributed by atoms with Crippen LogP contribution in [0.3, 0.4) is 0 Å². The normalized spacial score (nSPS) is 19.3. The van der Waals surface area contributed by atoms with Crippen LogP contribution in [-0.2, 0) is 4.74 Å². The van der Waals surface area contributed by atoms with Gasteiger partial charge in [0.15, 0.2) is 0 Å². The molecule has 0 amide bonds. The van der Waals surface area contributed by atoms with E-state index in [2.05, 4.69) is 21.2 Å². The fourth-order valence-corrected chi connectivity index (χ4v) is 3.07. The summed E-state index contributed by atoms with van der Waals surface area (Å²) in [6.07, 6.45) is 0. The molecule has 3 rings (SSSR count). The van der Waals surface area contributed by atoms with Crippen molar-refractivity contribution in [1.82, 2.24) is 10.2 Å². The summed E-state index contributed by atoms with van der Waals surface area (Å²) in [6, 6.07) is 6.09. The lowest BCUT2D eigenvalue weighted by Crippen LogP contribution is -2.43. The van der Waals surface area contributed by atoms with E-state index in [1.54, 1.807) is 0 Å². The zero-order valence-corrected chi connectivity index (χ0v) is 14.9. The Bertz CT molecular complexity index is 478. The number of piperazine rings is 1. The zero-order chi connectivity index (χ0) is 15.2. The predicted molar refractivity (Wildman–Crippen MR) is 96.5 cm³/mol. The maximum absolute atomic E-state index is 6.37. The molecular formula is C16H25Cl2N3O2. The molecule has 0 bridgehead atoms. The van der Waals surface area contributed by atoms with Gasteiger partial charge in [0.25, 0.3) is 0 Å². The van der Waals surface area contributed by atoms with Gasteiger partial charge in [-0.1, -0.05) is 11.6 Å². The molecule has 2 fully saturated rings. The first-order valence-electron chi connectivity index (χ1n) is 8.01. The van der Waals surface area contributed by atoms with Crippen LogP contribution in [0.25, 0.3) is 0 Å². The van der Waals surface area contributed by atoms with Crippen molar-refractivity contribution in [2.75, 3.05) is 70.5 Å². The standard InChI is InChI=1S/C16H24ClN3O2.ClH/c17-15-13-14(20-5-3-18-4-6-20)1-2-16(15)22-12-9-19-7-10-21-11-8-19;/h1-2,13,18H,3-12H2;1H. The average molecular weight is 362 g/mol. The van der Waals surface area contributed by atoms with Crippen LogP contribution in [0, 0.1) is 0 Å². The Labute approximate surface area is 149 Å². The minimum atomic E-state index is 0. The van der Waals surface area contributed by atoms with Crippen molar-refractivity contribution in [3.05, 3.63) is 23.2 Å². The van der Waals surface area contributed by atoms with E-state index in [9.17, 15) is 0 Å². The zero-order valence-electron chi connectivity index (χ0n) is 13.3. The van der Waals surface area contributed by atoms with Crippen molar-refractivity contribution in [2.45, 2.75) is 0 Å². The molecule has 0 spiro atoms. The largest absolute Gasteiger partial charge is 0.491 e. The van der Waals surface area contributed by atoms with Gasteiger partial charge in [-0.15, -0.1) is 12.4 Å². The summed E-state index contributed by atoms with van der Waals surface area (Å²) in [5, 5.41) is 4.05. The second kappa shape index (κ2) is 9.55. The highest BCUT2D eigenvalue weighted by atomic mass is 35.5. The van der Waals surface area contributed by atoms with E-state index in [-0.39, 0.29) is 12.4 Å². The quantitative estimate of drug-likeness (QED) is 0.866. The van der Waals surface area contributed by atoms with Gasteiger partial charge in [-0.25, -0.2) is 0 Å². The van der Waals surface area contributed by atoms with Crippen molar-refractivity contribution < 1.29 is 9.47 Å². The third-order valence-corrected chi connectivity index (χ3v) is 4.46. The number of morpholine rings is 1. The van der Waals surface area contributed by atoms with Gasteiger partial charge in [0.1, 0.15) is 12.4 Å². The molecule has 1 N–H and O–H groups in total. The molecule has 0 atom stereocenters. The number of halogens is 2.